The van der Waals surface area contributed by atoms with Gasteiger partial charge in [-0.05, 0) is 89.0 Å². The minimum atomic E-state index is -1.68. The van der Waals surface area contributed by atoms with Gasteiger partial charge in [0.2, 0.25) is 41.4 Å². The minimum absolute atomic E-state index is 0.0476. The molecule has 2 aromatic carbocycles. The second-order valence-corrected chi connectivity index (χ2v) is 20.8. The maximum atomic E-state index is 14.0. The summed E-state index contributed by atoms with van der Waals surface area (Å²) in [6.07, 6.45) is -3.13. The number of alkyl carbamates (subject to hydrolysis) is 2. The first kappa shape index (κ1) is 62.5. The zero-order chi connectivity index (χ0) is 57.1. The number of esters is 2. The van der Waals surface area contributed by atoms with Crippen molar-refractivity contribution in [2.75, 3.05) is 32.8 Å². The first-order chi connectivity index (χ1) is 35.4. The molecule has 5 atom stereocenters. The number of benzene rings is 2. The van der Waals surface area contributed by atoms with Gasteiger partial charge >= 0.3 is 24.1 Å². The topological polar surface area (TPSA) is 347 Å². The Morgan fingerprint density at radius 2 is 1.14 bits per heavy atom. The molecule has 418 valence electrons. The molecule has 0 aliphatic heterocycles. The predicted molar refractivity (Wildman–Crippen MR) is 275 cm³/mol. The summed E-state index contributed by atoms with van der Waals surface area (Å²) in [5.74, 6) is -8.68. The van der Waals surface area contributed by atoms with Crippen LogP contribution in [0.25, 0.3) is 11.1 Å². The number of carbonyl (C=O) groups is 11. The van der Waals surface area contributed by atoms with Gasteiger partial charge in [0.05, 0.1) is 25.9 Å². The van der Waals surface area contributed by atoms with Gasteiger partial charge in [0.25, 0.3) is 0 Å². The average Bonchev–Trinajstić information content (AvgIpc) is 3.63. The molecular formula is C52H75N9O15. The number of ether oxygens (including phenoxy) is 4. The Hall–Kier alpha value is -7.79. The van der Waals surface area contributed by atoms with Crippen LogP contribution in [0.4, 0.5) is 9.59 Å². The van der Waals surface area contributed by atoms with Crippen molar-refractivity contribution in [3.05, 3.63) is 59.7 Å². The van der Waals surface area contributed by atoms with E-state index in [-0.39, 0.29) is 24.9 Å². The van der Waals surface area contributed by atoms with E-state index in [2.05, 4.69) is 42.5 Å². The van der Waals surface area contributed by atoms with Gasteiger partial charge in [-0.25, -0.2) is 14.4 Å². The highest BCUT2D eigenvalue weighted by atomic mass is 16.6. The van der Waals surface area contributed by atoms with Crippen LogP contribution >= 0.6 is 0 Å². The molecule has 0 fully saturated rings. The number of primary amides is 1. The molecule has 76 heavy (non-hydrogen) atoms. The number of rotatable bonds is 26. The van der Waals surface area contributed by atoms with Gasteiger partial charge in [-0.2, -0.15) is 0 Å². The van der Waals surface area contributed by atoms with E-state index in [0.717, 1.165) is 22.3 Å². The fourth-order valence-corrected chi connectivity index (χ4v) is 7.50. The Kier molecular flexibility index (Phi) is 23.7. The van der Waals surface area contributed by atoms with Gasteiger partial charge in [0, 0.05) is 12.5 Å². The van der Waals surface area contributed by atoms with E-state index in [9.17, 15) is 52.7 Å². The van der Waals surface area contributed by atoms with Crippen LogP contribution in [0.3, 0.4) is 0 Å². The van der Waals surface area contributed by atoms with Crippen LogP contribution in [0.5, 0.6) is 0 Å². The highest BCUT2D eigenvalue weighted by Gasteiger charge is 2.36. The summed E-state index contributed by atoms with van der Waals surface area (Å²) in [7, 11) is 0. The fourth-order valence-electron chi connectivity index (χ4n) is 7.50. The average molecular weight is 1070 g/mol. The highest BCUT2D eigenvalue weighted by molar-refractivity contribution is 5.96. The highest BCUT2D eigenvalue weighted by Crippen LogP contribution is 2.44. The lowest BCUT2D eigenvalue weighted by Crippen LogP contribution is -2.58. The number of nitrogens with two attached hydrogens (primary N) is 1. The number of fused-ring (bicyclic) bond motifs is 3. The molecule has 0 saturated carbocycles. The van der Waals surface area contributed by atoms with Gasteiger partial charge in [0.1, 0.15) is 54.6 Å². The summed E-state index contributed by atoms with van der Waals surface area (Å²) in [6, 6.07) is 8.57. The van der Waals surface area contributed by atoms with Crippen molar-refractivity contribution in [3.8, 4) is 11.1 Å². The number of amides is 9. The Bertz CT molecular complexity index is 2390. The van der Waals surface area contributed by atoms with E-state index in [1.165, 1.54) is 6.92 Å². The monoisotopic (exact) mass is 1070 g/mol. The molecule has 0 heterocycles. The largest absolute Gasteiger partial charge is 0.465 e. The summed E-state index contributed by atoms with van der Waals surface area (Å²) in [5.41, 5.74) is 7.06. The van der Waals surface area contributed by atoms with E-state index in [0.29, 0.717) is 0 Å². The first-order valence-electron chi connectivity index (χ1n) is 24.9. The van der Waals surface area contributed by atoms with Crippen LogP contribution in [0.15, 0.2) is 48.5 Å². The van der Waals surface area contributed by atoms with Crippen LogP contribution in [0, 0.1) is 11.8 Å². The van der Waals surface area contributed by atoms with Gasteiger partial charge in [-0.15, -0.1) is 0 Å². The van der Waals surface area contributed by atoms with Crippen LogP contribution in [-0.4, -0.2) is 140 Å². The van der Waals surface area contributed by atoms with Crippen molar-refractivity contribution in [1.82, 2.24) is 42.5 Å². The molecule has 24 nitrogen and oxygen atoms in total. The summed E-state index contributed by atoms with van der Waals surface area (Å²) in [6.45, 7) is 15.7. The lowest BCUT2D eigenvalue weighted by atomic mass is 9.98. The standard InChI is InChI=1S/C52H75N9O15/c1-28(2)22-37(48(70)75-51(6,7)8)59-45(67)36(58-47(69)43(29(3)4)61-49(71)74-27-35-33-18-14-12-16-31(33)32-17-13-15-19-34(32)35)23-42(65)73-21-20-40(63)54-24-38(60-50(72)76-52(9,10)11)46(68)57-30(5)44(66)56-26-41(64)55-25-39(53)62/h12-19,28-30,35-38,43H,20-27H2,1-11H3,(H2,53,62)(H,54,63)(H,55,64)(H,56,66)(H,57,68)(H,58,69)(H,59,67)(H,60,72)(H,61,71)/t30-,36-,37-,38-,43-/m0/s1. The van der Waals surface area contributed by atoms with Crippen molar-refractivity contribution in [3.63, 3.8) is 0 Å². The van der Waals surface area contributed by atoms with Crippen LogP contribution in [-0.2, 0) is 62.1 Å². The lowest BCUT2D eigenvalue weighted by Gasteiger charge is -2.28. The van der Waals surface area contributed by atoms with E-state index < -0.39 is 152 Å². The molecule has 0 bridgehead atoms. The van der Waals surface area contributed by atoms with Crippen molar-refractivity contribution in [2.24, 2.45) is 17.6 Å². The number of nitrogens with one attached hydrogen (secondary N) is 8. The van der Waals surface area contributed by atoms with Crippen molar-refractivity contribution in [2.45, 2.75) is 143 Å². The molecule has 1 aliphatic carbocycles. The molecule has 2 aromatic rings. The predicted octanol–water partition coefficient (Wildman–Crippen LogP) is 1.46. The lowest BCUT2D eigenvalue weighted by molar-refractivity contribution is -0.159. The Labute approximate surface area is 442 Å². The second kappa shape index (κ2) is 28.8. The van der Waals surface area contributed by atoms with E-state index in [1.807, 2.05) is 62.4 Å². The maximum Gasteiger partial charge on any atom is 0.408 e. The van der Waals surface area contributed by atoms with E-state index in [1.54, 1.807) is 55.4 Å². The van der Waals surface area contributed by atoms with Crippen LogP contribution in [0.1, 0.15) is 112 Å². The van der Waals surface area contributed by atoms with Crippen molar-refractivity contribution in [1.29, 1.82) is 0 Å². The molecule has 0 aromatic heterocycles. The third-order valence-corrected chi connectivity index (χ3v) is 11.0. The third kappa shape index (κ3) is 21.6. The molecule has 0 saturated heterocycles. The molecule has 3 rings (SSSR count). The van der Waals surface area contributed by atoms with E-state index >= 15 is 0 Å². The smallest absolute Gasteiger partial charge is 0.408 e. The fraction of sp³-hybridized carbons (Fsp3) is 0.558. The third-order valence-electron chi connectivity index (χ3n) is 11.0. The molecule has 1 aliphatic rings. The van der Waals surface area contributed by atoms with Gasteiger partial charge in [-0.3, -0.25) is 38.4 Å². The summed E-state index contributed by atoms with van der Waals surface area (Å²) in [5, 5.41) is 19.3. The Morgan fingerprint density at radius 1 is 0.579 bits per heavy atom. The van der Waals surface area contributed by atoms with Gasteiger partial charge in [-0.1, -0.05) is 76.2 Å². The molecular weight excluding hydrogens is 991 g/mol. The SMILES string of the molecule is CC(C)C[C@H](NC(=O)[C@H](CC(=O)OCCC(=O)NC[C@H](NC(=O)OC(C)(C)C)C(=O)N[C@@H](C)C(=O)NCC(=O)NCC(N)=O)NC(=O)[C@@H](NC(=O)OCC1c2ccccc2-c2ccccc21)C(C)C)C(=O)OC(C)(C)C. The van der Waals surface area contributed by atoms with Crippen molar-refractivity contribution < 1.29 is 71.7 Å². The number of hydrogen-bond acceptors (Lipinski definition) is 15. The first-order valence-corrected chi connectivity index (χ1v) is 24.9. The van der Waals surface area contributed by atoms with E-state index in [4.69, 9.17) is 24.7 Å². The summed E-state index contributed by atoms with van der Waals surface area (Å²) >= 11 is 0. The van der Waals surface area contributed by atoms with Gasteiger partial charge < -0.3 is 67.2 Å². The minimum Gasteiger partial charge on any atom is -0.465 e. The summed E-state index contributed by atoms with van der Waals surface area (Å²) in [4.78, 5) is 143. The second-order valence-electron chi connectivity index (χ2n) is 20.8. The maximum absolute atomic E-state index is 14.0. The normalized spacial score (nSPS) is 13.9. The van der Waals surface area contributed by atoms with Crippen LogP contribution in [0.2, 0.25) is 0 Å². The quantitative estimate of drug-likeness (QED) is 0.0476. The zero-order valence-corrected chi connectivity index (χ0v) is 45.1. The molecule has 0 unspecified atom stereocenters. The molecule has 10 N–H and O–H groups in total. The molecule has 24 heteroatoms. The number of carbonyl (C=O) groups excluding carboxylic acids is 11. The molecule has 0 spiro atoms. The van der Waals surface area contributed by atoms with Crippen molar-refractivity contribution >= 4 is 65.5 Å². The number of hydrogen-bond donors (Lipinski definition) is 9. The van der Waals surface area contributed by atoms with Gasteiger partial charge in [0.15, 0.2) is 0 Å². The Balaban J connectivity index is 1.72. The molecule has 9 amide bonds. The Morgan fingerprint density at radius 3 is 1.70 bits per heavy atom. The summed E-state index contributed by atoms with van der Waals surface area (Å²) < 4.78 is 21.8. The zero-order valence-electron chi connectivity index (χ0n) is 45.1. The molecule has 0 radical (unpaired) electrons. The van der Waals surface area contributed by atoms with Crippen LogP contribution < -0.4 is 48.3 Å².